The zero-order valence-corrected chi connectivity index (χ0v) is 18.6. The van der Waals surface area contributed by atoms with Gasteiger partial charge in [-0.25, -0.2) is 0 Å². The molecule has 0 aromatic heterocycles. The van der Waals surface area contributed by atoms with Crippen LogP contribution in [0, 0.1) is 5.92 Å². The molecule has 0 heterocycles. The van der Waals surface area contributed by atoms with Crippen molar-refractivity contribution in [1.29, 1.82) is 0 Å². The first-order valence-electron chi connectivity index (χ1n) is 9.36. The zero-order chi connectivity index (χ0) is 17.9. The van der Waals surface area contributed by atoms with Gasteiger partial charge in [0, 0.05) is 40.4 Å². The topological polar surface area (TPSA) is 46.1 Å². The van der Waals surface area contributed by atoms with Crippen LogP contribution in [-0.4, -0.2) is 57.9 Å². The minimum Gasteiger partial charge on any atom is -0.379 e. The molecule has 26 heavy (non-hydrogen) atoms. The highest BCUT2D eigenvalue weighted by molar-refractivity contribution is 14.0. The average molecular weight is 475 g/mol. The summed E-state index contributed by atoms with van der Waals surface area (Å²) >= 11 is 0. The van der Waals surface area contributed by atoms with Gasteiger partial charge < -0.3 is 19.7 Å². The molecular weight excluding hydrogens is 441 g/mol. The van der Waals surface area contributed by atoms with Crippen molar-refractivity contribution in [3.8, 4) is 0 Å². The number of halogens is 1. The Labute approximate surface area is 175 Å². The number of nitrogens with zero attached hydrogens (tertiary/aromatic N) is 2. The first kappa shape index (κ1) is 23.2. The maximum atomic E-state index is 5.90. The van der Waals surface area contributed by atoms with Gasteiger partial charge in [0.05, 0.1) is 12.7 Å². The molecule has 0 saturated heterocycles. The molecule has 0 amide bonds. The Kier molecular flexibility index (Phi) is 11.9. The first-order valence-corrected chi connectivity index (χ1v) is 9.36. The number of hydrogen-bond acceptors (Lipinski definition) is 3. The van der Waals surface area contributed by atoms with Gasteiger partial charge in [0.25, 0.3) is 0 Å². The normalized spacial score (nSPS) is 15.3. The van der Waals surface area contributed by atoms with E-state index in [1.54, 1.807) is 0 Å². The average Bonchev–Trinajstić information content (AvgIpc) is 3.46. The smallest absolute Gasteiger partial charge is 0.193 e. The van der Waals surface area contributed by atoms with Crippen molar-refractivity contribution in [1.82, 2.24) is 10.2 Å². The van der Waals surface area contributed by atoms with Gasteiger partial charge in [-0.2, -0.15) is 0 Å². The third kappa shape index (κ3) is 9.19. The van der Waals surface area contributed by atoms with Crippen LogP contribution in [0.25, 0.3) is 0 Å². The molecule has 1 saturated carbocycles. The van der Waals surface area contributed by atoms with E-state index in [0.717, 1.165) is 51.2 Å². The van der Waals surface area contributed by atoms with Crippen LogP contribution in [0.5, 0.6) is 0 Å². The van der Waals surface area contributed by atoms with Crippen LogP contribution in [0.1, 0.15) is 37.9 Å². The number of likely N-dealkylation sites (N-methyl/N-ethyl adjacent to an activating group) is 1. The van der Waals surface area contributed by atoms with Crippen LogP contribution in [0.4, 0.5) is 0 Å². The molecule has 0 bridgehead atoms. The molecule has 1 atom stereocenters. The third-order valence-electron chi connectivity index (χ3n) is 4.44. The lowest BCUT2D eigenvalue weighted by Gasteiger charge is -2.22. The maximum Gasteiger partial charge on any atom is 0.193 e. The lowest BCUT2D eigenvalue weighted by molar-refractivity contribution is 0.0645. The summed E-state index contributed by atoms with van der Waals surface area (Å²) in [6.07, 6.45) is 3.75. The van der Waals surface area contributed by atoms with Crippen LogP contribution in [0.3, 0.4) is 0 Å². The summed E-state index contributed by atoms with van der Waals surface area (Å²) in [6.45, 7) is 6.20. The minimum atomic E-state index is 0. The fraction of sp³-hybridized carbons (Fsp3) is 0.650. The summed E-state index contributed by atoms with van der Waals surface area (Å²) in [4.78, 5) is 6.44. The highest BCUT2D eigenvalue weighted by atomic mass is 127. The zero-order valence-electron chi connectivity index (χ0n) is 16.3. The largest absolute Gasteiger partial charge is 0.379 e. The Bertz CT molecular complexity index is 509. The Hall–Kier alpha value is -0.860. The molecule has 0 radical (unpaired) electrons. The number of nitrogens with one attached hydrogen (secondary N) is 1. The third-order valence-corrected chi connectivity index (χ3v) is 4.44. The molecule has 1 aliphatic carbocycles. The van der Waals surface area contributed by atoms with Gasteiger partial charge in [0.15, 0.2) is 5.96 Å². The molecule has 0 aliphatic heterocycles. The number of benzene rings is 1. The highest BCUT2D eigenvalue weighted by Crippen LogP contribution is 2.28. The van der Waals surface area contributed by atoms with Crippen molar-refractivity contribution in [3.05, 3.63) is 35.9 Å². The predicted octanol–water partition coefficient (Wildman–Crippen LogP) is 3.71. The van der Waals surface area contributed by atoms with Crippen molar-refractivity contribution >= 4 is 29.9 Å². The SMILES string of the molecule is CN=C(NCCCOC(C)c1ccccc1)N(C)CCOCC1CC1.I. The van der Waals surface area contributed by atoms with E-state index in [1.165, 1.54) is 18.4 Å². The van der Waals surface area contributed by atoms with Crippen LogP contribution in [0.15, 0.2) is 35.3 Å². The molecule has 2 rings (SSSR count). The fourth-order valence-electron chi connectivity index (χ4n) is 2.58. The summed E-state index contributed by atoms with van der Waals surface area (Å²) in [6, 6.07) is 10.3. The van der Waals surface area contributed by atoms with E-state index in [4.69, 9.17) is 9.47 Å². The lowest BCUT2D eigenvalue weighted by atomic mass is 10.1. The molecule has 1 unspecified atom stereocenters. The van der Waals surface area contributed by atoms with E-state index in [2.05, 4.69) is 34.3 Å². The highest BCUT2D eigenvalue weighted by Gasteiger charge is 2.21. The fourth-order valence-corrected chi connectivity index (χ4v) is 2.58. The minimum absolute atomic E-state index is 0. The number of guanidine groups is 1. The van der Waals surface area contributed by atoms with E-state index in [9.17, 15) is 0 Å². The molecule has 5 nitrogen and oxygen atoms in total. The second-order valence-electron chi connectivity index (χ2n) is 6.69. The van der Waals surface area contributed by atoms with Gasteiger partial charge in [-0.1, -0.05) is 30.3 Å². The molecule has 0 spiro atoms. The second-order valence-corrected chi connectivity index (χ2v) is 6.69. The first-order chi connectivity index (χ1) is 12.2. The van der Waals surface area contributed by atoms with Gasteiger partial charge in [0.2, 0.25) is 0 Å². The van der Waals surface area contributed by atoms with E-state index in [-0.39, 0.29) is 30.1 Å². The quantitative estimate of drug-likeness (QED) is 0.230. The predicted molar refractivity (Wildman–Crippen MR) is 118 cm³/mol. The van der Waals surface area contributed by atoms with Gasteiger partial charge in [-0.3, -0.25) is 4.99 Å². The van der Waals surface area contributed by atoms with E-state index in [1.807, 2.05) is 32.3 Å². The van der Waals surface area contributed by atoms with Crippen molar-refractivity contribution < 1.29 is 9.47 Å². The standard InChI is InChI=1S/C20H33N3O2.HI/c1-17(19-8-5-4-6-9-19)25-14-7-12-22-20(21-2)23(3)13-15-24-16-18-10-11-18;/h4-6,8-9,17-18H,7,10-16H2,1-3H3,(H,21,22);1H. The number of aliphatic imine (C=N–C) groups is 1. The summed E-state index contributed by atoms with van der Waals surface area (Å²) in [5, 5.41) is 3.39. The summed E-state index contributed by atoms with van der Waals surface area (Å²) in [7, 11) is 3.86. The van der Waals surface area contributed by atoms with Crippen LogP contribution in [0.2, 0.25) is 0 Å². The molecule has 148 valence electrons. The maximum absolute atomic E-state index is 5.90. The van der Waals surface area contributed by atoms with Gasteiger partial charge in [-0.15, -0.1) is 24.0 Å². The summed E-state index contributed by atoms with van der Waals surface area (Å²) in [5.41, 5.74) is 1.22. The van der Waals surface area contributed by atoms with Crippen LogP contribution < -0.4 is 5.32 Å². The van der Waals surface area contributed by atoms with Crippen LogP contribution >= 0.6 is 24.0 Å². The number of rotatable bonds is 11. The summed E-state index contributed by atoms with van der Waals surface area (Å²) < 4.78 is 11.6. The lowest BCUT2D eigenvalue weighted by Crippen LogP contribution is -2.41. The number of ether oxygens (including phenoxy) is 2. The molecule has 1 N–H and O–H groups in total. The Balaban J connectivity index is 0.00000338. The van der Waals surface area contributed by atoms with Crippen molar-refractivity contribution in [2.75, 3.05) is 47.0 Å². The molecule has 6 heteroatoms. The Morgan fingerprint density at radius 1 is 1.27 bits per heavy atom. The summed E-state index contributed by atoms with van der Waals surface area (Å²) in [5.74, 6) is 1.73. The van der Waals surface area contributed by atoms with Gasteiger partial charge in [-0.05, 0) is 37.7 Å². The van der Waals surface area contributed by atoms with Gasteiger partial charge >= 0.3 is 0 Å². The Morgan fingerprint density at radius 3 is 2.65 bits per heavy atom. The Morgan fingerprint density at radius 2 is 2.00 bits per heavy atom. The molecular formula is C20H34IN3O2. The van der Waals surface area contributed by atoms with Crippen molar-refractivity contribution in [2.24, 2.45) is 10.9 Å². The molecule has 1 aliphatic rings. The van der Waals surface area contributed by atoms with E-state index < -0.39 is 0 Å². The van der Waals surface area contributed by atoms with Crippen LogP contribution in [-0.2, 0) is 9.47 Å². The van der Waals surface area contributed by atoms with Crippen molar-refractivity contribution in [3.63, 3.8) is 0 Å². The van der Waals surface area contributed by atoms with E-state index >= 15 is 0 Å². The van der Waals surface area contributed by atoms with Gasteiger partial charge in [0.1, 0.15) is 0 Å². The molecule has 1 aromatic carbocycles. The molecule has 1 aromatic rings. The molecule has 1 fully saturated rings. The monoisotopic (exact) mass is 475 g/mol. The number of hydrogen-bond donors (Lipinski definition) is 1. The van der Waals surface area contributed by atoms with Crippen molar-refractivity contribution in [2.45, 2.75) is 32.3 Å². The van der Waals surface area contributed by atoms with E-state index in [0.29, 0.717) is 0 Å². The second kappa shape index (κ2) is 13.3.